The third-order valence-electron chi connectivity index (χ3n) is 5.63. The van der Waals surface area contributed by atoms with Crippen LogP contribution in [0, 0.1) is 17.8 Å². The lowest BCUT2D eigenvalue weighted by Gasteiger charge is -2.39. The molecule has 4 nitrogen and oxygen atoms in total. The Bertz CT molecular complexity index is 342. The number of rotatable bonds is 5. The smallest absolute Gasteiger partial charge is 0.225 e. The minimum absolute atomic E-state index is 0.353. The highest BCUT2D eigenvalue weighted by molar-refractivity contribution is 5.79. The quantitative estimate of drug-likeness (QED) is 0.825. The normalized spacial score (nSPS) is 34.9. The van der Waals surface area contributed by atoms with Crippen molar-refractivity contribution in [3.8, 4) is 0 Å². The molecule has 3 atom stereocenters. The van der Waals surface area contributed by atoms with Crippen molar-refractivity contribution in [3.05, 3.63) is 0 Å². The van der Waals surface area contributed by atoms with Crippen LogP contribution in [0.4, 0.5) is 0 Å². The third kappa shape index (κ3) is 2.86. The summed E-state index contributed by atoms with van der Waals surface area (Å²) in [5.74, 6) is 2.59. The minimum atomic E-state index is 0.353. The van der Waals surface area contributed by atoms with Gasteiger partial charge in [0.05, 0.1) is 0 Å². The van der Waals surface area contributed by atoms with E-state index in [9.17, 15) is 4.79 Å². The van der Waals surface area contributed by atoms with E-state index in [2.05, 4.69) is 16.7 Å². The largest absolute Gasteiger partial charge is 0.340 e. The first-order valence-corrected chi connectivity index (χ1v) is 8.45. The first-order valence-electron chi connectivity index (χ1n) is 8.45. The molecule has 2 saturated carbocycles. The Hall–Kier alpha value is -0.610. The van der Waals surface area contributed by atoms with Gasteiger partial charge in [-0.3, -0.25) is 9.69 Å². The fraction of sp³-hybridized carbons (Fsp3) is 0.938. The van der Waals surface area contributed by atoms with Crippen LogP contribution in [0.1, 0.15) is 39.0 Å². The van der Waals surface area contributed by atoms with Crippen molar-refractivity contribution in [1.29, 1.82) is 0 Å². The number of nitrogens with zero attached hydrogens (tertiary/aromatic N) is 2. The molecule has 1 heterocycles. The molecule has 0 bridgehead atoms. The van der Waals surface area contributed by atoms with Crippen LogP contribution in [0.2, 0.25) is 0 Å². The molecule has 0 radical (unpaired) electrons. The lowest BCUT2D eigenvalue weighted by atomic mass is 10.0. The molecule has 3 aliphatic rings. The number of carbonyl (C=O) groups excluding carboxylic acids is 1. The van der Waals surface area contributed by atoms with Gasteiger partial charge in [-0.1, -0.05) is 13.3 Å². The van der Waals surface area contributed by atoms with E-state index in [1.54, 1.807) is 0 Å². The van der Waals surface area contributed by atoms with Crippen molar-refractivity contribution < 1.29 is 4.79 Å². The molecule has 0 spiro atoms. The average Bonchev–Trinajstić information content (AvgIpc) is 3.10. The molecule has 1 saturated heterocycles. The number of amides is 1. The van der Waals surface area contributed by atoms with Gasteiger partial charge in [0.1, 0.15) is 0 Å². The zero-order valence-electron chi connectivity index (χ0n) is 12.8. The minimum Gasteiger partial charge on any atom is -0.340 e. The van der Waals surface area contributed by atoms with Crippen LogP contribution in [0.3, 0.4) is 0 Å². The summed E-state index contributed by atoms with van der Waals surface area (Å²) in [6, 6.07) is 0.511. The van der Waals surface area contributed by atoms with Gasteiger partial charge in [0.25, 0.3) is 0 Å². The van der Waals surface area contributed by atoms with Crippen LogP contribution in [0.5, 0.6) is 0 Å². The molecular formula is C16H29N3O. The molecule has 3 rings (SSSR count). The Morgan fingerprint density at radius 2 is 1.80 bits per heavy atom. The second-order valence-electron chi connectivity index (χ2n) is 6.96. The van der Waals surface area contributed by atoms with Gasteiger partial charge in [-0.05, 0) is 37.5 Å². The second kappa shape index (κ2) is 6.02. The lowest BCUT2D eigenvalue weighted by molar-refractivity contribution is -0.137. The van der Waals surface area contributed by atoms with Gasteiger partial charge in [0.15, 0.2) is 0 Å². The summed E-state index contributed by atoms with van der Waals surface area (Å²) in [6.07, 6.45) is 6.10. The molecule has 4 heteroatoms. The Balaban J connectivity index is 1.46. The van der Waals surface area contributed by atoms with Crippen LogP contribution >= 0.6 is 0 Å². The highest BCUT2D eigenvalue weighted by Crippen LogP contribution is 2.54. The zero-order chi connectivity index (χ0) is 14.1. The standard InChI is InChI=1S/C16H29N3O/c1-2-3-15(11-17)18-4-6-19(7-5-18)16(20)14-9-12-8-13(12)10-14/h12-15H,2-11,17H2,1H3. The van der Waals surface area contributed by atoms with Crippen LogP contribution < -0.4 is 5.73 Å². The Labute approximate surface area is 122 Å². The van der Waals surface area contributed by atoms with E-state index in [1.807, 2.05) is 0 Å². The van der Waals surface area contributed by atoms with Gasteiger partial charge >= 0.3 is 0 Å². The van der Waals surface area contributed by atoms with Crippen LogP contribution in [-0.4, -0.2) is 54.5 Å². The van der Waals surface area contributed by atoms with Crippen molar-refractivity contribution in [2.75, 3.05) is 32.7 Å². The van der Waals surface area contributed by atoms with Crippen LogP contribution in [0.25, 0.3) is 0 Å². The fourth-order valence-electron chi connectivity index (χ4n) is 4.26. The van der Waals surface area contributed by atoms with E-state index in [1.165, 1.54) is 32.1 Å². The van der Waals surface area contributed by atoms with Crippen LogP contribution in [-0.2, 0) is 4.79 Å². The van der Waals surface area contributed by atoms with Gasteiger partial charge < -0.3 is 10.6 Å². The van der Waals surface area contributed by atoms with E-state index in [0.717, 1.165) is 44.6 Å². The highest BCUT2D eigenvalue weighted by Gasteiger charge is 2.48. The van der Waals surface area contributed by atoms with Gasteiger partial charge in [-0.15, -0.1) is 0 Å². The number of nitrogens with two attached hydrogens (primary N) is 1. The fourth-order valence-corrected chi connectivity index (χ4v) is 4.26. The van der Waals surface area contributed by atoms with E-state index < -0.39 is 0 Å². The summed E-state index contributed by atoms with van der Waals surface area (Å²) in [5, 5.41) is 0. The maximum atomic E-state index is 12.5. The van der Waals surface area contributed by atoms with E-state index in [0.29, 0.717) is 17.9 Å². The molecule has 3 unspecified atom stereocenters. The van der Waals surface area contributed by atoms with E-state index >= 15 is 0 Å². The number of carbonyl (C=O) groups is 1. The molecule has 3 fully saturated rings. The molecule has 0 aromatic rings. The summed E-state index contributed by atoms with van der Waals surface area (Å²) in [6.45, 7) is 6.79. The Morgan fingerprint density at radius 3 is 2.35 bits per heavy atom. The average molecular weight is 279 g/mol. The molecule has 1 aliphatic heterocycles. The van der Waals surface area contributed by atoms with Crippen LogP contribution in [0.15, 0.2) is 0 Å². The highest BCUT2D eigenvalue weighted by atomic mass is 16.2. The van der Waals surface area contributed by atoms with Crippen molar-refractivity contribution in [2.45, 2.75) is 45.1 Å². The molecular weight excluding hydrogens is 250 g/mol. The molecule has 0 aromatic heterocycles. The molecule has 114 valence electrons. The van der Waals surface area contributed by atoms with Crippen molar-refractivity contribution in [1.82, 2.24) is 9.80 Å². The van der Waals surface area contributed by atoms with Gasteiger partial charge in [-0.2, -0.15) is 0 Å². The third-order valence-corrected chi connectivity index (χ3v) is 5.63. The summed E-state index contributed by atoms with van der Waals surface area (Å²) in [5.41, 5.74) is 5.88. The first kappa shape index (κ1) is 14.3. The van der Waals surface area contributed by atoms with Crippen molar-refractivity contribution in [2.24, 2.45) is 23.5 Å². The molecule has 1 amide bonds. The maximum Gasteiger partial charge on any atom is 0.225 e. The van der Waals surface area contributed by atoms with E-state index in [-0.39, 0.29) is 0 Å². The number of hydrogen-bond donors (Lipinski definition) is 1. The number of hydrogen-bond acceptors (Lipinski definition) is 3. The van der Waals surface area contributed by atoms with Gasteiger partial charge in [-0.25, -0.2) is 0 Å². The van der Waals surface area contributed by atoms with Crippen molar-refractivity contribution in [3.63, 3.8) is 0 Å². The van der Waals surface area contributed by atoms with Gasteiger partial charge in [0.2, 0.25) is 5.91 Å². The SMILES string of the molecule is CCCC(CN)N1CCN(C(=O)C2CC3CC3C2)CC1. The Morgan fingerprint density at radius 1 is 1.15 bits per heavy atom. The monoisotopic (exact) mass is 279 g/mol. The number of piperazine rings is 1. The summed E-state index contributed by atoms with van der Waals surface area (Å²) in [4.78, 5) is 17.1. The van der Waals surface area contributed by atoms with E-state index in [4.69, 9.17) is 5.73 Å². The molecule has 0 aromatic carbocycles. The molecule has 2 aliphatic carbocycles. The molecule has 20 heavy (non-hydrogen) atoms. The molecule has 2 N–H and O–H groups in total. The maximum absolute atomic E-state index is 12.5. The predicted molar refractivity (Wildman–Crippen MR) is 80.2 cm³/mol. The lowest BCUT2D eigenvalue weighted by Crippen LogP contribution is -2.54. The predicted octanol–water partition coefficient (Wildman–Crippen LogP) is 1.30. The first-order chi connectivity index (χ1) is 9.72. The van der Waals surface area contributed by atoms with Gasteiger partial charge in [0, 0.05) is 44.7 Å². The topological polar surface area (TPSA) is 49.6 Å². The second-order valence-corrected chi connectivity index (χ2v) is 6.96. The number of fused-ring (bicyclic) bond motifs is 1. The zero-order valence-corrected chi connectivity index (χ0v) is 12.8. The Kier molecular flexibility index (Phi) is 4.32. The summed E-state index contributed by atoms with van der Waals surface area (Å²) in [7, 11) is 0. The summed E-state index contributed by atoms with van der Waals surface area (Å²) >= 11 is 0. The summed E-state index contributed by atoms with van der Waals surface area (Å²) < 4.78 is 0. The van der Waals surface area contributed by atoms with Crippen molar-refractivity contribution >= 4 is 5.91 Å².